The van der Waals surface area contributed by atoms with E-state index in [1.54, 1.807) is 12.1 Å². The number of nitrogens with one attached hydrogen (secondary N) is 2. The fraction of sp³-hybridized carbons (Fsp3) is 0.462. The number of amides is 1. The lowest BCUT2D eigenvalue weighted by molar-refractivity contribution is 0.0925. The number of hydrogen-bond acceptors (Lipinski definition) is 2. The molecule has 3 nitrogen and oxygen atoms in total. The van der Waals surface area contributed by atoms with Crippen LogP contribution in [0, 0.1) is 3.57 Å². The van der Waals surface area contributed by atoms with E-state index in [0.717, 1.165) is 23.0 Å². The number of rotatable bonds is 2. The Kier molecular flexibility index (Phi) is 4.86. The SMILES string of the molecule is CC1CC(NC(=O)c2cc(Cl)ccc2I)CCN1. The Balaban J connectivity index is 2.05. The van der Waals surface area contributed by atoms with Crippen LogP contribution < -0.4 is 10.6 Å². The third-order valence-corrected chi connectivity index (χ3v) is 4.31. The van der Waals surface area contributed by atoms with Crippen LogP contribution in [0.1, 0.15) is 30.1 Å². The first-order chi connectivity index (χ1) is 8.56. The van der Waals surface area contributed by atoms with Gasteiger partial charge in [-0.3, -0.25) is 4.79 Å². The molecule has 5 heteroatoms. The van der Waals surface area contributed by atoms with Crippen molar-refractivity contribution in [3.8, 4) is 0 Å². The predicted octanol–water partition coefficient (Wildman–Crippen LogP) is 2.81. The third-order valence-electron chi connectivity index (χ3n) is 3.13. The van der Waals surface area contributed by atoms with E-state index < -0.39 is 0 Å². The molecule has 0 radical (unpaired) electrons. The summed E-state index contributed by atoms with van der Waals surface area (Å²) in [5.74, 6) is -0.0269. The van der Waals surface area contributed by atoms with E-state index in [2.05, 4.69) is 40.1 Å². The van der Waals surface area contributed by atoms with Crippen molar-refractivity contribution in [2.24, 2.45) is 0 Å². The van der Waals surface area contributed by atoms with Gasteiger partial charge in [-0.1, -0.05) is 11.6 Å². The molecule has 2 rings (SSSR count). The normalized spacial score (nSPS) is 23.7. The summed E-state index contributed by atoms with van der Waals surface area (Å²) >= 11 is 8.09. The van der Waals surface area contributed by atoms with Crippen molar-refractivity contribution in [1.82, 2.24) is 10.6 Å². The molecule has 1 fully saturated rings. The van der Waals surface area contributed by atoms with Crippen LogP contribution in [0.25, 0.3) is 0 Å². The summed E-state index contributed by atoms with van der Waals surface area (Å²) in [6, 6.07) is 6.10. The maximum absolute atomic E-state index is 12.2. The second-order valence-corrected chi connectivity index (χ2v) is 6.27. The zero-order valence-corrected chi connectivity index (χ0v) is 13.1. The highest BCUT2D eigenvalue weighted by Gasteiger charge is 2.21. The highest BCUT2D eigenvalue weighted by molar-refractivity contribution is 14.1. The van der Waals surface area contributed by atoms with E-state index >= 15 is 0 Å². The summed E-state index contributed by atoms with van der Waals surface area (Å²) in [6.07, 6.45) is 1.95. The van der Waals surface area contributed by atoms with Crippen LogP contribution >= 0.6 is 34.2 Å². The summed E-state index contributed by atoms with van der Waals surface area (Å²) in [4.78, 5) is 12.2. The quantitative estimate of drug-likeness (QED) is 0.777. The lowest BCUT2D eigenvalue weighted by Gasteiger charge is -2.28. The summed E-state index contributed by atoms with van der Waals surface area (Å²) in [7, 11) is 0. The van der Waals surface area contributed by atoms with Gasteiger partial charge in [0.25, 0.3) is 5.91 Å². The molecule has 98 valence electrons. The maximum atomic E-state index is 12.2. The second kappa shape index (κ2) is 6.21. The standard InChI is InChI=1S/C13H16ClIN2O/c1-8-6-10(4-5-16-8)17-13(18)11-7-9(14)2-3-12(11)15/h2-3,7-8,10,16H,4-6H2,1H3,(H,17,18). The summed E-state index contributed by atoms with van der Waals surface area (Å²) in [5.41, 5.74) is 0.661. The Labute approximate surface area is 126 Å². The van der Waals surface area contributed by atoms with Gasteiger partial charge in [0, 0.05) is 20.7 Å². The van der Waals surface area contributed by atoms with Crippen molar-refractivity contribution >= 4 is 40.1 Å². The largest absolute Gasteiger partial charge is 0.349 e. The Hall–Kier alpha value is -0.330. The van der Waals surface area contributed by atoms with Gasteiger partial charge in [-0.2, -0.15) is 0 Å². The van der Waals surface area contributed by atoms with E-state index in [4.69, 9.17) is 11.6 Å². The number of benzene rings is 1. The van der Waals surface area contributed by atoms with Gasteiger partial charge >= 0.3 is 0 Å². The molecule has 0 aromatic heterocycles. The van der Waals surface area contributed by atoms with Gasteiger partial charge in [-0.25, -0.2) is 0 Å². The minimum atomic E-state index is -0.0269. The lowest BCUT2D eigenvalue weighted by atomic mass is 10.0. The second-order valence-electron chi connectivity index (χ2n) is 4.67. The third kappa shape index (κ3) is 3.59. The Morgan fingerprint density at radius 3 is 3.06 bits per heavy atom. The summed E-state index contributed by atoms with van der Waals surface area (Å²) in [6.45, 7) is 3.10. The van der Waals surface area contributed by atoms with Crippen molar-refractivity contribution in [3.05, 3.63) is 32.4 Å². The Morgan fingerprint density at radius 2 is 2.33 bits per heavy atom. The summed E-state index contributed by atoms with van der Waals surface area (Å²) in [5, 5.41) is 7.06. The fourth-order valence-electron chi connectivity index (χ4n) is 2.20. The van der Waals surface area contributed by atoms with E-state index in [0.29, 0.717) is 16.6 Å². The molecular weight excluding hydrogens is 363 g/mol. The molecule has 1 aliphatic heterocycles. The van der Waals surface area contributed by atoms with Crippen molar-refractivity contribution in [2.45, 2.75) is 31.8 Å². The predicted molar refractivity (Wildman–Crippen MR) is 82.1 cm³/mol. The number of halogens is 2. The van der Waals surface area contributed by atoms with Crippen molar-refractivity contribution in [1.29, 1.82) is 0 Å². The molecule has 0 saturated carbocycles. The first-order valence-electron chi connectivity index (χ1n) is 6.05. The molecule has 0 aliphatic carbocycles. The summed E-state index contributed by atoms with van der Waals surface area (Å²) < 4.78 is 0.927. The van der Waals surface area contributed by atoms with Crippen LogP contribution in [-0.2, 0) is 0 Å². The molecule has 1 saturated heterocycles. The van der Waals surface area contributed by atoms with E-state index in [-0.39, 0.29) is 11.9 Å². The molecule has 1 amide bonds. The van der Waals surface area contributed by atoms with Crippen LogP contribution in [0.2, 0.25) is 5.02 Å². The van der Waals surface area contributed by atoms with Gasteiger partial charge in [0.2, 0.25) is 0 Å². The minimum absolute atomic E-state index is 0.0269. The van der Waals surface area contributed by atoms with Gasteiger partial charge in [0.1, 0.15) is 0 Å². The smallest absolute Gasteiger partial charge is 0.252 e. The van der Waals surface area contributed by atoms with Gasteiger partial charge < -0.3 is 10.6 Å². The fourth-order valence-corrected chi connectivity index (χ4v) is 2.95. The van der Waals surface area contributed by atoms with Crippen LogP contribution in [0.15, 0.2) is 18.2 Å². The first kappa shape index (κ1) is 14.1. The van der Waals surface area contributed by atoms with Gasteiger partial charge in [0.05, 0.1) is 5.56 Å². The van der Waals surface area contributed by atoms with Crippen molar-refractivity contribution in [3.63, 3.8) is 0 Å². The Morgan fingerprint density at radius 1 is 1.56 bits per heavy atom. The monoisotopic (exact) mass is 378 g/mol. The topological polar surface area (TPSA) is 41.1 Å². The van der Waals surface area contributed by atoms with Crippen molar-refractivity contribution < 1.29 is 4.79 Å². The van der Waals surface area contributed by atoms with E-state index in [9.17, 15) is 4.79 Å². The molecule has 1 heterocycles. The van der Waals surface area contributed by atoms with Crippen LogP contribution in [0.4, 0.5) is 0 Å². The molecule has 1 aromatic carbocycles. The molecule has 1 aliphatic rings. The number of carbonyl (C=O) groups excluding carboxylic acids is 1. The number of piperidine rings is 1. The van der Waals surface area contributed by atoms with Gasteiger partial charge in [0.15, 0.2) is 0 Å². The average molecular weight is 379 g/mol. The number of carbonyl (C=O) groups is 1. The molecule has 2 N–H and O–H groups in total. The van der Waals surface area contributed by atoms with Crippen LogP contribution in [0.5, 0.6) is 0 Å². The first-order valence-corrected chi connectivity index (χ1v) is 7.51. The van der Waals surface area contributed by atoms with Crippen LogP contribution in [0.3, 0.4) is 0 Å². The molecular formula is C13H16ClIN2O. The molecule has 2 unspecified atom stereocenters. The van der Waals surface area contributed by atoms with E-state index in [1.165, 1.54) is 0 Å². The van der Waals surface area contributed by atoms with E-state index in [1.807, 2.05) is 6.07 Å². The molecule has 18 heavy (non-hydrogen) atoms. The van der Waals surface area contributed by atoms with Crippen LogP contribution in [-0.4, -0.2) is 24.5 Å². The molecule has 0 spiro atoms. The highest BCUT2D eigenvalue weighted by atomic mass is 127. The molecule has 1 aromatic rings. The lowest BCUT2D eigenvalue weighted by Crippen LogP contribution is -2.46. The molecule has 0 bridgehead atoms. The van der Waals surface area contributed by atoms with Gasteiger partial charge in [-0.05, 0) is 67.1 Å². The van der Waals surface area contributed by atoms with Crippen molar-refractivity contribution in [2.75, 3.05) is 6.54 Å². The average Bonchev–Trinajstić information content (AvgIpc) is 2.32. The zero-order chi connectivity index (χ0) is 13.1. The zero-order valence-electron chi connectivity index (χ0n) is 10.2. The van der Waals surface area contributed by atoms with Gasteiger partial charge in [-0.15, -0.1) is 0 Å². The molecule has 2 atom stereocenters. The minimum Gasteiger partial charge on any atom is -0.349 e. The Bertz CT molecular complexity index is 453. The number of hydrogen-bond donors (Lipinski definition) is 2. The highest BCUT2D eigenvalue weighted by Crippen LogP contribution is 2.18. The maximum Gasteiger partial charge on any atom is 0.252 e.